The molecular weight excluding hydrogens is 180 g/mol. The van der Waals surface area contributed by atoms with Crippen molar-refractivity contribution in [3.05, 3.63) is 29.8 Å². The number of hydrogen-bond acceptors (Lipinski definition) is 2. The van der Waals surface area contributed by atoms with Gasteiger partial charge in [-0.1, -0.05) is 12.1 Å². The number of nitrogens with one attached hydrogen (secondary N) is 3. The molecule has 0 bridgehead atoms. The van der Waals surface area contributed by atoms with Gasteiger partial charge in [0.2, 0.25) is 5.91 Å². The summed E-state index contributed by atoms with van der Waals surface area (Å²) in [5, 5.41) is 9.60. The second-order valence-electron chi connectivity index (χ2n) is 2.84. The maximum Gasteiger partial charge on any atom is 0.242 e. The highest BCUT2D eigenvalue weighted by Crippen LogP contribution is 2.09. The number of hydrogen-bond donors (Lipinski definition) is 3. The lowest BCUT2D eigenvalue weighted by Crippen LogP contribution is -2.20. The van der Waals surface area contributed by atoms with Crippen molar-refractivity contribution in [1.29, 1.82) is 5.41 Å². The zero-order valence-corrected chi connectivity index (χ0v) is 7.50. The van der Waals surface area contributed by atoms with Crippen molar-refractivity contribution in [2.45, 2.75) is 6.42 Å². The lowest BCUT2D eigenvalue weighted by molar-refractivity contribution is -0.118. The molecule has 0 aliphatic heterocycles. The summed E-state index contributed by atoms with van der Waals surface area (Å²) in [4.78, 5) is 10.5. The van der Waals surface area contributed by atoms with Crippen LogP contribution in [0.5, 0.6) is 0 Å². The number of anilines is 1. The third-order valence-electron chi connectivity index (χ3n) is 1.60. The van der Waals surface area contributed by atoms with E-state index in [1.165, 1.54) is 0 Å². The predicted octanol–water partition coefficient (Wildman–Crippen LogP) is 0.344. The van der Waals surface area contributed by atoms with Crippen molar-refractivity contribution >= 4 is 17.6 Å². The van der Waals surface area contributed by atoms with E-state index in [1.54, 1.807) is 24.3 Å². The Balaban J connectivity index is 2.68. The smallest absolute Gasteiger partial charge is 0.242 e. The molecule has 0 aliphatic rings. The molecule has 5 N–H and O–H groups in total. The average molecular weight is 191 g/mol. The molecule has 1 amide bonds. The van der Waals surface area contributed by atoms with Crippen LogP contribution in [0.25, 0.3) is 0 Å². The van der Waals surface area contributed by atoms with Crippen molar-refractivity contribution in [3.8, 4) is 0 Å². The number of carbonyl (C=O) groups is 1. The number of guanidine groups is 1. The molecule has 1 aromatic rings. The normalized spacial score (nSPS) is 9.43. The molecule has 5 heteroatoms. The summed E-state index contributed by atoms with van der Waals surface area (Å²) < 4.78 is 0. The second kappa shape index (κ2) is 4.27. The lowest BCUT2D eigenvalue weighted by atomic mass is 10.1. The zero-order valence-electron chi connectivity index (χ0n) is 7.50. The minimum Gasteiger partial charge on any atom is -0.370 e. The average Bonchev–Trinajstić information content (AvgIpc) is 2.06. The van der Waals surface area contributed by atoms with Gasteiger partial charge in [-0.3, -0.25) is 15.9 Å². The minimum absolute atomic E-state index is 0.111. The van der Waals surface area contributed by atoms with Crippen LogP contribution < -0.4 is 16.8 Å². The van der Waals surface area contributed by atoms with Gasteiger partial charge in [-0.2, -0.15) is 0 Å². The lowest BCUT2D eigenvalue weighted by Gasteiger charge is -2.03. The SMILES string of the molecule is [NH]C(=O)Cc1ccc(NC(=N)N)cc1. The van der Waals surface area contributed by atoms with E-state index in [4.69, 9.17) is 16.9 Å². The van der Waals surface area contributed by atoms with Gasteiger partial charge in [0, 0.05) is 5.69 Å². The van der Waals surface area contributed by atoms with E-state index in [1.807, 2.05) is 0 Å². The van der Waals surface area contributed by atoms with E-state index in [-0.39, 0.29) is 12.4 Å². The first kappa shape index (κ1) is 10.0. The number of nitrogens with two attached hydrogens (primary N) is 1. The Bertz CT molecular complexity index is 309. The highest BCUT2D eigenvalue weighted by molar-refractivity contribution is 5.89. The summed E-state index contributed by atoms with van der Waals surface area (Å²) in [6.07, 6.45) is 0.111. The van der Waals surface area contributed by atoms with Gasteiger partial charge in [0.25, 0.3) is 0 Å². The molecule has 0 aromatic heterocycles. The standard InChI is InChI=1S/C9H11N4O/c10-8(14)5-6-1-3-7(4-2-6)13-9(11)12/h1-4,10H,5H2,(H4,11,12,13). The minimum atomic E-state index is -0.614. The third-order valence-corrected chi connectivity index (χ3v) is 1.60. The molecule has 0 saturated carbocycles. The maximum atomic E-state index is 10.5. The Labute approximate surface area is 81.6 Å². The van der Waals surface area contributed by atoms with Gasteiger partial charge in [-0.05, 0) is 17.7 Å². The molecule has 0 spiro atoms. The van der Waals surface area contributed by atoms with E-state index < -0.39 is 5.91 Å². The van der Waals surface area contributed by atoms with Crippen molar-refractivity contribution in [2.75, 3.05) is 5.32 Å². The molecule has 5 nitrogen and oxygen atoms in total. The molecule has 0 atom stereocenters. The van der Waals surface area contributed by atoms with Crippen LogP contribution in [-0.2, 0) is 11.2 Å². The number of amides is 1. The van der Waals surface area contributed by atoms with Crippen LogP contribution in [-0.4, -0.2) is 11.9 Å². The van der Waals surface area contributed by atoms with Crippen LogP contribution in [0.3, 0.4) is 0 Å². The number of carbonyl (C=O) groups excluding carboxylic acids is 1. The van der Waals surface area contributed by atoms with Crippen LogP contribution in [0, 0.1) is 5.41 Å². The first-order valence-electron chi connectivity index (χ1n) is 4.02. The Morgan fingerprint density at radius 2 is 1.93 bits per heavy atom. The topological polar surface area (TPSA) is 103 Å². The Kier molecular flexibility index (Phi) is 3.06. The van der Waals surface area contributed by atoms with Crippen LogP contribution in [0.15, 0.2) is 24.3 Å². The second-order valence-corrected chi connectivity index (χ2v) is 2.84. The molecular formula is C9H11N4O. The number of benzene rings is 1. The summed E-state index contributed by atoms with van der Waals surface area (Å²) in [5.74, 6) is -0.744. The van der Waals surface area contributed by atoms with Crippen LogP contribution >= 0.6 is 0 Å². The van der Waals surface area contributed by atoms with Gasteiger partial charge in [0.1, 0.15) is 0 Å². The molecule has 0 fully saturated rings. The van der Waals surface area contributed by atoms with Crippen LogP contribution in [0.4, 0.5) is 5.69 Å². The van der Waals surface area contributed by atoms with Crippen molar-refractivity contribution in [1.82, 2.24) is 5.73 Å². The summed E-state index contributed by atoms with van der Waals surface area (Å²) in [7, 11) is 0. The van der Waals surface area contributed by atoms with Crippen LogP contribution in [0.1, 0.15) is 5.56 Å². The highest BCUT2D eigenvalue weighted by atomic mass is 16.1. The maximum absolute atomic E-state index is 10.5. The van der Waals surface area contributed by atoms with Crippen LogP contribution in [0.2, 0.25) is 0 Å². The van der Waals surface area contributed by atoms with Gasteiger partial charge in [0.05, 0.1) is 6.42 Å². The van der Waals surface area contributed by atoms with E-state index in [2.05, 4.69) is 5.32 Å². The van der Waals surface area contributed by atoms with Gasteiger partial charge >= 0.3 is 0 Å². The predicted molar refractivity (Wildman–Crippen MR) is 53.8 cm³/mol. The summed E-state index contributed by atoms with van der Waals surface area (Å²) >= 11 is 0. The largest absolute Gasteiger partial charge is 0.370 e. The fraction of sp³-hybridized carbons (Fsp3) is 0.111. The zero-order chi connectivity index (χ0) is 10.6. The fourth-order valence-corrected chi connectivity index (χ4v) is 1.05. The molecule has 0 unspecified atom stereocenters. The van der Waals surface area contributed by atoms with Gasteiger partial charge in [-0.25, -0.2) is 0 Å². The Hall–Kier alpha value is -2.04. The van der Waals surface area contributed by atoms with Crippen molar-refractivity contribution in [3.63, 3.8) is 0 Å². The molecule has 0 saturated heterocycles. The third kappa shape index (κ3) is 3.14. The highest BCUT2D eigenvalue weighted by Gasteiger charge is 1.99. The van der Waals surface area contributed by atoms with E-state index in [0.29, 0.717) is 5.69 Å². The first-order valence-corrected chi connectivity index (χ1v) is 4.02. The van der Waals surface area contributed by atoms with Gasteiger partial charge in [0.15, 0.2) is 5.96 Å². The summed E-state index contributed by atoms with van der Waals surface area (Å²) in [5.41, 5.74) is 13.4. The van der Waals surface area contributed by atoms with E-state index in [0.717, 1.165) is 5.56 Å². The molecule has 14 heavy (non-hydrogen) atoms. The van der Waals surface area contributed by atoms with E-state index >= 15 is 0 Å². The van der Waals surface area contributed by atoms with Crippen molar-refractivity contribution < 1.29 is 4.79 Å². The molecule has 73 valence electrons. The molecule has 1 aromatic carbocycles. The fourth-order valence-electron chi connectivity index (χ4n) is 1.05. The quantitative estimate of drug-likeness (QED) is 0.474. The Morgan fingerprint density at radius 3 is 2.36 bits per heavy atom. The monoisotopic (exact) mass is 191 g/mol. The van der Waals surface area contributed by atoms with Gasteiger partial charge < -0.3 is 11.1 Å². The summed E-state index contributed by atoms with van der Waals surface area (Å²) in [6.45, 7) is 0. The van der Waals surface area contributed by atoms with Gasteiger partial charge in [-0.15, -0.1) is 0 Å². The van der Waals surface area contributed by atoms with Crippen molar-refractivity contribution in [2.24, 2.45) is 5.73 Å². The molecule has 0 heterocycles. The molecule has 0 aliphatic carbocycles. The first-order chi connectivity index (χ1) is 6.58. The molecule has 1 radical (unpaired) electrons. The Morgan fingerprint density at radius 1 is 1.36 bits per heavy atom. The van der Waals surface area contributed by atoms with E-state index in [9.17, 15) is 4.79 Å². The molecule has 1 rings (SSSR count). The summed E-state index contributed by atoms with van der Waals surface area (Å²) in [6, 6.07) is 6.86. The number of rotatable bonds is 3.